The Morgan fingerprint density at radius 3 is 2.29 bits per heavy atom. The molecule has 13 heteroatoms. The molecule has 1 saturated heterocycles. The number of fused-ring (bicyclic) bond motifs is 1. The van der Waals surface area contributed by atoms with Crippen molar-refractivity contribution in [1.29, 1.82) is 0 Å². The molecule has 0 saturated carbocycles. The SMILES string of the molecule is O=C([C@@H]1CCN(S(=O)(=O)C(F)(F)F)C1)N1CCc2c(cccc2Oc2ccc(C(F)(F)F)cc2)C1. The Balaban J connectivity index is 1.44. The zero-order valence-corrected chi connectivity index (χ0v) is 18.9. The maximum atomic E-state index is 12.9. The first-order valence-electron chi connectivity index (χ1n) is 10.6. The maximum Gasteiger partial charge on any atom is 0.511 e. The van der Waals surface area contributed by atoms with Gasteiger partial charge in [-0.2, -0.15) is 30.6 Å². The molecule has 190 valence electrons. The van der Waals surface area contributed by atoms with Crippen LogP contribution in [0.5, 0.6) is 11.5 Å². The van der Waals surface area contributed by atoms with Crippen LogP contribution in [0.4, 0.5) is 26.3 Å². The van der Waals surface area contributed by atoms with Gasteiger partial charge >= 0.3 is 21.7 Å². The van der Waals surface area contributed by atoms with Gasteiger partial charge in [-0.1, -0.05) is 12.1 Å². The normalized spacial score (nSPS) is 19.5. The molecule has 2 aliphatic heterocycles. The molecule has 0 radical (unpaired) electrons. The number of carbonyl (C=O) groups is 1. The first-order chi connectivity index (χ1) is 16.3. The second-order valence-corrected chi connectivity index (χ2v) is 10.3. The predicted octanol–water partition coefficient (Wildman–Crippen LogP) is 4.55. The van der Waals surface area contributed by atoms with Crippen LogP contribution in [0, 0.1) is 5.92 Å². The molecule has 0 N–H and O–H groups in total. The summed E-state index contributed by atoms with van der Waals surface area (Å²) in [6.07, 6.45) is -4.11. The monoisotopic (exact) mass is 522 g/mol. The summed E-state index contributed by atoms with van der Waals surface area (Å²) in [5, 5.41) is 0. The van der Waals surface area contributed by atoms with Crippen molar-refractivity contribution in [2.75, 3.05) is 19.6 Å². The molecule has 1 fully saturated rings. The minimum Gasteiger partial charge on any atom is -0.457 e. The van der Waals surface area contributed by atoms with Crippen molar-refractivity contribution >= 4 is 15.9 Å². The second kappa shape index (κ2) is 9.01. The second-order valence-electron chi connectivity index (χ2n) is 8.32. The van der Waals surface area contributed by atoms with E-state index in [1.54, 1.807) is 18.2 Å². The third-order valence-corrected chi connectivity index (χ3v) is 7.67. The lowest BCUT2D eigenvalue weighted by Gasteiger charge is -2.31. The molecule has 0 aliphatic carbocycles. The zero-order valence-electron chi connectivity index (χ0n) is 18.1. The highest BCUT2D eigenvalue weighted by molar-refractivity contribution is 7.90. The minimum atomic E-state index is -5.48. The highest BCUT2D eigenvalue weighted by Crippen LogP contribution is 2.36. The molecule has 0 unspecified atom stereocenters. The average Bonchev–Trinajstić information content (AvgIpc) is 3.28. The fraction of sp³-hybridized carbons (Fsp3) is 0.409. The highest BCUT2D eigenvalue weighted by atomic mass is 32.2. The van der Waals surface area contributed by atoms with E-state index in [0.717, 1.165) is 23.3 Å². The van der Waals surface area contributed by atoms with Gasteiger partial charge in [-0.15, -0.1) is 0 Å². The Hall–Kier alpha value is -2.80. The fourth-order valence-electron chi connectivity index (χ4n) is 4.25. The van der Waals surface area contributed by atoms with Gasteiger partial charge < -0.3 is 9.64 Å². The van der Waals surface area contributed by atoms with Gasteiger partial charge in [0, 0.05) is 31.7 Å². The van der Waals surface area contributed by atoms with Crippen LogP contribution in [0.15, 0.2) is 42.5 Å². The number of hydrogen-bond donors (Lipinski definition) is 0. The van der Waals surface area contributed by atoms with Crippen LogP contribution in [0.2, 0.25) is 0 Å². The number of rotatable bonds is 4. The fourth-order valence-corrected chi connectivity index (χ4v) is 5.26. The molecule has 4 rings (SSSR count). The predicted molar refractivity (Wildman–Crippen MR) is 112 cm³/mol. The van der Waals surface area contributed by atoms with Crippen LogP contribution in [-0.2, 0) is 34.0 Å². The molecule has 0 spiro atoms. The summed E-state index contributed by atoms with van der Waals surface area (Å²) in [4.78, 5) is 14.4. The van der Waals surface area contributed by atoms with Gasteiger partial charge in [-0.25, -0.2) is 8.42 Å². The Bertz CT molecular complexity index is 1210. The van der Waals surface area contributed by atoms with Crippen molar-refractivity contribution in [3.8, 4) is 11.5 Å². The number of amides is 1. The van der Waals surface area contributed by atoms with Crippen molar-refractivity contribution in [1.82, 2.24) is 9.21 Å². The van der Waals surface area contributed by atoms with Gasteiger partial charge in [0.2, 0.25) is 5.91 Å². The van der Waals surface area contributed by atoms with Crippen molar-refractivity contribution in [2.45, 2.75) is 31.1 Å². The topological polar surface area (TPSA) is 66.9 Å². The summed E-state index contributed by atoms with van der Waals surface area (Å²) in [6.45, 7) is -0.516. The Morgan fingerprint density at radius 2 is 1.66 bits per heavy atom. The molecule has 1 amide bonds. The van der Waals surface area contributed by atoms with Crippen molar-refractivity contribution < 1.29 is 44.3 Å². The lowest BCUT2D eigenvalue weighted by molar-refractivity contribution is -0.137. The number of sulfonamides is 1. The molecule has 2 heterocycles. The number of halogens is 6. The standard InChI is InChI=1S/C22H20F6N2O4S/c23-21(24,25)16-4-6-17(7-5-16)34-19-3-1-2-14-12-29(10-9-18(14)19)20(31)15-8-11-30(13-15)35(32,33)22(26,27)28/h1-7,15H,8-13H2/t15-/m1/s1. The largest absolute Gasteiger partial charge is 0.511 e. The lowest BCUT2D eigenvalue weighted by Crippen LogP contribution is -2.43. The molecule has 1 atom stereocenters. The number of benzene rings is 2. The summed E-state index contributed by atoms with van der Waals surface area (Å²) >= 11 is 0. The molecule has 2 aromatic carbocycles. The first-order valence-corrected chi connectivity index (χ1v) is 12.0. The van der Waals surface area contributed by atoms with Crippen LogP contribution in [0.25, 0.3) is 0 Å². The third-order valence-electron chi connectivity index (χ3n) is 6.08. The Kier molecular flexibility index (Phi) is 6.51. The van der Waals surface area contributed by atoms with Crippen molar-refractivity contribution in [2.24, 2.45) is 5.92 Å². The molecule has 2 aliphatic rings. The molecular formula is C22H20F6N2O4S. The molecule has 35 heavy (non-hydrogen) atoms. The number of hydrogen-bond acceptors (Lipinski definition) is 4. The van der Waals surface area contributed by atoms with E-state index in [1.165, 1.54) is 17.0 Å². The zero-order chi connectivity index (χ0) is 25.6. The van der Waals surface area contributed by atoms with Crippen molar-refractivity contribution in [3.05, 3.63) is 59.2 Å². The quantitative estimate of drug-likeness (QED) is 0.553. The van der Waals surface area contributed by atoms with Crippen molar-refractivity contribution in [3.63, 3.8) is 0 Å². The van der Waals surface area contributed by atoms with Gasteiger partial charge in [0.05, 0.1) is 11.5 Å². The molecule has 2 aromatic rings. The van der Waals surface area contributed by atoms with E-state index in [0.29, 0.717) is 16.5 Å². The first kappa shape index (κ1) is 25.3. The van der Waals surface area contributed by atoms with E-state index in [2.05, 4.69) is 0 Å². The lowest BCUT2D eigenvalue weighted by atomic mass is 9.97. The van der Waals surface area contributed by atoms with Gasteiger partial charge in [0.25, 0.3) is 0 Å². The van der Waals surface area contributed by atoms with Gasteiger partial charge in [0.1, 0.15) is 11.5 Å². The molecular weight excluding hydrogens is 502 g/mol. The van der Waals surface area contributed by atoms with Gasteiger partial charge in [-0.05, 0) is 48.7 Å². The molecule has 6 nitrogen and oxygen atoms in total. The average molecular weight is 522 g/mol. The third kappa shape index (κ3) is 5.10. The number of nitrogens with zero attached hydrogens (tertiary/aromatic N) is 2. The number of ether oxygens (including phenoxy) is 1. The van der Waals surface area contributed by atoms with E-state index in [1.807, 2.05) is 0 Å². The molecule has 0 aromatic heterocycles. The van der Waals surface area contributed by atoms with Crippen LogP contribution < -0.4 is 4.74 Å². The van der Waals surface area contributed by atoms with E-state index in [4.69, 9.17) is 4.74 Å². The Morgan fingerprint density at radius 1 is 0.971 bits per heavy atom. The number of alkyl halides is 6. The van der Waals surface area contributed by atoms with E-state index in [-0.39, 0.29) is 31.8 Å². The van der Waals surface area contributed by atoms with E-state index in [9.17, 15) is 39.6 Å². The van der Waals surface area contributed by atoms with E-state index >= 15 is 0 Å². The van der Waals surface area contributed by atoms with Crippen LogP contribution >= 0.6 is 0 Å². The summed E-state index contributed by atoms with van der Waals surface area (Å²) in [7, 11) is -5.48. The summed E-state index contributed by atoms with van der Waals surface area (Å²) in [6, 6.07) is 9.32. The van der Waals surface area contributed by atoms with Crippen LogP contribution in [0.3, 0.4) is 0 Å². The minimum absolute atomic E-state index is 0.00538. The van der Waals surface area contributed by atoms with Crippen LogP contribution in [-0.4, -0.2) is 48.7 Å². The summed E-state index contributed by atoms with van der Waals surface area (Å²) in [5.74, 6) is -0.663. The van der Waals surface area contributed by atoms with Crippen LogP contribution in [0.1, 0.15) is 23.1 Å². The highest BCUT2D eigenvalue weighted by Gasteiger charge is 2.52. The Labute approximate surface area is 197 Å². The smallest absolute Gasteiger partial charge is 0.457 e. The maximum absolute atomic E-state index is 12.9. The number of carbonyl (C=O) groups excluding carboxylic acids is 1. The van der Waals surface area contributed by atoms with E-state index < -0.39 is 45.6 Å². The molecule has 0 bridgehead atoms. The van der Waals surface area contributed by atoms with Gasteiger partial charge in [-0.3, -0.25) is 4.79 Å². The summed E-state index contributed by atoms with van der Waals surface area (Å²) in [5.41, 5.74) is -4.73. The summed E-state index contributed by atoms with van der Waals surface area (Å²) < 4.78 is 106. The van der Waals surface area contributed by atoms with Gasteiger partial charge in [0.15, 0.2) is 0 Å².